The normalized spacial score (nSPS) is 11.6. The van der Waals surface area contributed by atoms with Gasteiger partial charge in [-0.3, -0.25) is 4.79 Å². The second-order valence-electron chi connectivity index (χ2n) is 5.16. The molecule has 0 aromatic carbocycles. The van der Waals surface area contributed by atoms with Gasteiger partial charge in [0.25, 0.3) is 0 Å². The Morgan fingerprint density at radius 1 is 1.00 bits per heavy atom. The Morgan fingerprint density at radius 2 is 1.48 bits per heavy atom. The summed E-state index contributed by atoms with van der Waals surface area (Å²) in [5.74, 6) is -0.972. The molecular formula is C15H30NNaO3S. The Labute approximate surface area is 156 Å². The second-order valence-corrected chi connectivity index (χ2v) is 5.53. The van der Waals surface area contributed by atoms with Crippen LogP contribution < -0.4 is 5.73 Å². The third-order valence-electron chi connectivity index (χ3n) is 3.20. The molecule has 0 aliphatic rings. The van der Waals surface area contributed by atoms with E-state index >= 15 is 0 Å². The predicted octanol–water partition coefficient (Wildman–Crippen LogP) is 2.59. The van der Waals surface area contributed by atoms with Crippen molar-refractivity contribution in [1.82, 2.24) is 0 Å². The molecule has 0 radical (unpaired) electrons. The monoisotopic (exact) mass is 327 g/mol. The fourth-order valence-corrected chi connectivity index (χ4v) is 2.04. The minimum absolute atomic E-state index is 0. The summed E-state index contributed by atoms with van der Waals surface area (Å²) < 4.78 is 4.62. The van der Waals surface area contributed by atoms with Gasteiger partial charge < -0.3 is 10.5 Å². The van der Waals surface area contributed by atoms with Crippen molar-refractivity contribution in [3.8, 4) is 0 Å². The van der Waals surface area contributed by atoms with Crippen LogP contribution in [0.25, 0.3) is 0 Å². The molecular weight excluding hydrogens is 297 g/mol. The predicted molar refractivity (Wildman–Crippen MR) is 91.9 cm³/mol. The van der Waals surface area contributed by atoms with Gasteiger partial charge in [-0.1, -0.05) is 58.3 Å². The summed E-state index contributed by atoms with van der Waals surface area (Å²) in [6.45, 7) is 2.22. The fourth-order valence-electron chi connectivity index (χ4n) is 1.89. The Hall–Kier alpha value is 0.450. The van der Waals surface area contributed by atoms with Crippen LogP contribution in [0.4, 0.5) is 0 Å². The summed E-state index contributed by atoms with van der Waals surface area (Å²) in [5, 5.41) is 0. The molecule has 1 unspecified atom stereocenters. The molecule has 0 bridgehead atoms. The van der Waals surface area contributed by atoms with Gasteiger partial charge in [-0.25, -0.2) is 4.79 Å². The van der Waals surface area contributed by atoms with Crippen LogP contribution in [0.15, 0.2) is 0 Å². The van der Waals surface area contributed by atoms with Crippen LogP contribution in [0, 0.1) is 0 Å². The van der Waals surface area contributed by atoms with Crippen LogP contribution in [0.5, 0.6) is 0 Å². The first kappa shape index (κ1) is 23.7. The van der Waals surface area contributed by atoms with Crippen molar-refractivity contribution >= 4 is 54.1 Å². The van der Waals surface area contributed by atoms with Crippen LogP contribution in [-0.4, -0.2) is 53.3 Å². The van der Waals surface area contributed by atoms with Gasteiger partial charge in [0.1, 0.15) is 6.04 Å². The van der Waals surface area contributed by atoms with E-state index in [1.165, 1.54) is 38.5 Å². The average molecular weight is 327 g/mol. The van der Waals surface area contributed by atoms with E-state index in [0.29, 0.717) is 6.42 Å². The van der Waals surface area contributed by atoms with Gasteiger partial charge in [0.2, 0.25) is 0 Å². The van der Waals surface area contributed by atoms with E-state index in [4.69, 9.17) is 5.73 Å². The molecule has 1 atom stereocenters. The number of ether oxygens (including phenoxy) is 1. The third kappa shape index (κ3) is 15.1. The van der Waals surface area contributed by atoms with Crippen molar-refractivity contribution in [1.29, 1.82) is 0 Å². The van der Waals surface area contributed by atoms with Crippen LogP contribution in [0.2, 0.25) is 0 Å². The molecule has 0 aliphatic heterocycles. The Morgan fingerprint density at radius 3 is 1.95 bits per heavy atom. The molecule has 0 aliphatic carbocycles. The van der Waals surface area contributed by atoms with Crippen LogP contribution in [0.3, 0.4) is 0 Å². The number of esters is 2. The molecule has 0 aromatic heterocycles. The van der Waals surface area contributed by atoms with E-state index in [9.17, 15) is 9.59 Å². The molecule has 0 fully saturated rings. The summed E-state index contributed by atoms with van der Waals surface area (Å²) in [4.78, 5) is 22.6. The quantitative estimate of drug-likeness (QED) is 0.190. The zero-order valence-electron chi connectivity index (χ0n) is 12.6. The maximum atomic E-state index is 11.4. The van der Waals surface area contributed by atoms with Crippen molar-refractivity contribution < 1.29 is 14.3 Å². The number of carbonyl (C=O) groups excluding carboxylic acids is 2. The van der Waals surface area contributed by atoms with Gasteiger partial charge in [0.05, 0.1) is 0 Å². The molecule has 21 heavy (non-hydrogen) atoms. The van der Waals surface area contributed by atoms with E-state index < -0.39 is 18.0 Å². The zero-order valence-corrected chi connectivity index (χ0v) is 13.5. The van der Waals surface area contributed by atoms with Crippen molar-refractivity contribution in [2.45, 2.75) is 77.2 Å². The number of nitrogens with two attached hydrogens (primary N) is 1. The molecule has 0 saturated heterocycles. The van der Waals surface area contributed by atoms with Crippen LogP contribution in [-0.2, 0) is 14.3 Å². The SMILES string of the molecule is CCCCCCCCCCCC(=O)OC(=O)C(N)CS.[NaH]. The summed E-state index contributed by atoms with van der Waals surface area (Å²) in [6, 6.07) is -0.814. The van der Waals surface area contributed by atoms with E-state index in [-0.39, 0.29) is 35.3 Å². The molecule has 0 spiro atoms. The zero-order chi connectivity index (χ0) is 15.2. The van der Waals surface area contributed by atoms with E-state index in [2.05, 4.69) is 24.3 Å². The van der Waals surface area contributed by atoms with Gasteiger partial charge in [-0.15, -0.1) is 0 Å². The van der Waals surface area contributed by atoms with E-state index in [1.54, 1.807) is 0 Å². The molecule has 4 nitrogen and oxygen atoms in total. The summed E-state index contributed by atoms with van der Waals surface area (Å²) in [7, 11) is 0. The molecule has 0 heterocycles. The first-order chi connectivity index (χ1) is 9.61. The number of thiol groups is 1. The minimum atomic E-state index is -0.814. The molecule has 0 amide bonds. The van der Waals surface area contributed by atoms with Crippen LogP contribution in [0.1, 0.15) is 71.1 Å². The molecule has 0 aromatic rings. The van der Waals surface area contributed by atoms with Gasteiger partial charge in [-0.05, 0) is 6.42 Å². The standard InChI is InChI=1S/C15H29NO3S.Na.H/c1-2-3-4-5-6-7-8-9-10-11-14(17)19-15(18)13(16)12-20;;/h13,20H,2-12,16H2,1H3;;. The fraction of sp³-hybridized carbons (Fsp3) is 0.867. The third-order valence-corrected chi connectivity index (χ3v) is 3.59. The van der Waals surface area contributed by atoms with Crippen LogP contribution >= 0.6 is 12.6 Å². The van der Waals surface area contributed by atoms with Crippen molar-refractivity contribution in [3.63, 3.8) is 0 Å². The first-order valence-electron chi connectivity index (χ1n) is 7.72. The van der Waals surface area contributed by atoms with Gasteiger partial charge in [0, 0.05) is 12.2 Å². The van der Waals surface area contributed by atoms with Crippen molar-refractivity contribution in [2.75, 3.05) is 5.75 Å². The Balaban J connectivity index is 0. The topological polar surface area (TPSA) is 69.4 Å². The van der Waals surface area contributed by atoms with Crippen molar-refractivity contribution in [2.24, 2.45) is 5.73 Å². The molecule has 0 rings (SSSR count). The van der Waals surface area contributed by atoms with Gasteiger partial charge in [0.15, 0.2) is 0 Å². The Kier molecular flexibility index (Phi) is 19.0. The average Bonchev–Trinajstić information content (AvgIpc) is 2.44. The summed E-state index contributed by atoms with van der Waals surface area (Å²) >= 11 is 3.88. The molecule has 2 N–H and O–H groups in total. The van der Waals surface area contributed by atoms with Gasteiger partial charge in [-0.2, -0.15) is 12.6 Å². The summed E-state index contributed by atoms with van der Waals surface area (Å²) in [5.41, 5.74) is 5.41. The molecule has 120 valence electrons. The number of hydrogen-bond donors (Lipinski definition) is 2. The summed E-state index contributed by atoms with van der Waals surface area (Å²) in [6.07, 6.45) is 11.0. The number of carbonyl (C=O) groups is 2. The Bertz CT molecular complexity index is 278. The number of unbranched alkanes of at least 4 members (excludes halogenated alkanes) is 8. The van der Waals surface area contributed by atoms with Crippen molar-refractivity contribution in [3.05, 3.63) is 0 Å². The van der Waals surface area contributed by atoms with Gasteiger partial charge >= 0.3 is 41.5 Å². The molecule has 0 saturated carbocycles. The van der Waals surface area contributed by atoms with E-state index in [1.807, 2.05) is 0 Å². The molecule has 6 heteroatoms. The number of hydrogen-bond acceptors (Lipinski definition) is 5. The van der Waals surface area contributed by atoms with E-state index in [0.717, 1.165) is 19.3 Å². The first-order valence-corrected chi connectivity index (χ1v) is 8.36. The number of rotatable bonds is 12. The second kappa shape index (κ2) is 16.8. The maximum absolute atomic E-state index is 11.4.